The Morgan fingerprint density at radius 1 is 0.291 bits per heavy atom. The van der Waals surface area contributed by atoms with Crippen LogP contribution in [0.25, 0.3) is 109 Å². The first kappa shape index (κ1) is 31.6. The predicted octanol–water partition coefficient (Wildman–Crippen LogP) is 14.6. The maximum absolute atomic E-state index is 5.28. The molecule has 0 fully saturated rings. The van der Waals surface area contributed by atoms with Crippen LogP contribution in [0.15, 0.2) is 194 Å². The minimum atomic E-state index is 0.708. The van der Waals surface area contributed by atoms with E-state index in [2.05, 4.69) is 170 Å². The van der Waals surface area contributed by atoms with E-state index < -0.39 is 0 Å². The second kappa shape index (κ2) is 12.9. The zero-order valence-corrected chi connectivity index (χ0v) is 30.6. The lowest BCUT2D eigenvalue weighted by Crippen LogP contribution is -1.96. The summed E-state index contributed by atoms with van der Waals surface area (Å²) in [6.45, 7) is 0. The number of nitrogens with zero attached hydrogens (tertiary/aromatic N) is 2. The molecule has 0 aliphatic rings. The molecule has 9 aromatic carbocycles. The van der Waals surface area contributed by atoms with Gasteiger partial charge in [-0.3, -0.25) is 0 Å². The van der Waals surface area contributed by atoms with E-state index in [1.165, 1.54) is 63.6 Å². The van der Waals surface area contributed by atoms with Crippen LogP contribution in [0.1, 0.15) is 0 Å². The molecule has 0 atom stereocenters. The molecule has 0 bridgehead atoms. The molecule has 0 unspecified atom stereocenters. The number of benzene rings is 9. The van der Waals surface area contributed by atoms with Gasteiger partial charge in [-0.25, -0.2) is 9.97 Å². The fourth-order valence-corrected chi connectivity index (χ4v) is 9.47. The highest BCUT2D eigenvalue weighted by molar-refractivity contribution is 7.26. The molecule has 0 N–H and O–H groups in total. The molecule has 2 aromatic heterocycles. The van der Waals surface area contributed by atoms with Crippen molar-refractivity contribution in [1.29, 1.82) is 0 Å². The molecule has 0 spiro atoms. The quantitative estimate of drug-likeness (QED) is 0.166. The summed E-state index contributed by atoms with van der Waals surface area (Å²) < 4.78 is 2.59. The Labute approximate surface area is 322 Å². The van der Waals surface area contributed by atoms with Crippen LogP contribution in [-0.2, 0) is 0 Å². The highest BCUT2D eigenvalue weighted by Crippen LogP contribution is 2.43. The van der Waals surface area contributed by atoms with Gasteiger partial charge >= 0.3 is 0 Å². The summed E-state index contributed by atoms with van der Waals surface area (Å²) >= 11 is 1.86. The van der Waals surface area contributed by atoms with Crippen LogP contribution in [0.4, 0.5) is 0 Å². The standard InChI is InChI=1S/C52H32N2S/c1-3-14-33(15-4-1)48-32-49(54-52(53-48)34-16-5-2-6-17-34)38-29-36(28-37(30-38)39-23-13-24-46-45-22-11-12-25-50(45)55-51(39)46)35-26-27-44-42-20-8-7-18-40(42)41-19-9-10-21-43(41)47(44)31-35/h1-32H. The van der Waals surface area contributed by atoms with Crippen molar-refractivity contribution < 1.29 is 0 Å². The van der Waals surface area contributed by atoms with E-state index in [4.69, 9.17) is 9.97 Å². The van der Waals surface area contributed by atoms with E-state index in [0.29, 0.717) is 5.82 Å². The van der Waals surface area contributed by atoms with Crippen molar-refractivity contribution in [1.82, 2.24) is 9.97 Å². The third kappa shape index (κ3) is 5.40. The van der Waals surface area contributed by atoms with Crippen LogP contribution in [-0.4, -0.2) is 9.97 Å². The van der Waals surface area contributed by atoms with Gasteiger partial charge in [0, 0.05) is 36.9 Å². The molecule has 0 saturated carbocycles. The zero-order valence-electron chi connectivity index (χ0n) is 29.8. The number of rotatable bonds is 5. The molecule has 0 radical (unpaired) electrons. The lowest BCUT2D eigenvalue weighted by molar-refractivity contribution is 1.18. The molecule has 0 aliphatic heterocycles. The maximum Gasteiger partial charge on any atom is 0.160 e. The summed E-state index contributed by atoms with van der Waals surface area (Å²) in [7, 11) is 0. The Bertz CT molecular complexity index is 3160. The number of hydrogen-bond acceptors (Lipinski definition) is 3. The Morgan fingerprint density at radius 2 is 0.818 bits per heavy atom. The minimum Gasteiger partial charge on any atom is -0.228 e. The van der Waals surface area contributed by atoms with Crippen molar-refractivity contribution in [3.05, 3.63) is 194 Å². The number of hydrogen-bond donors (Lipinski definition) is 0. The van der Waals surface area contributed by atoms with Gasteiger partial charge < -0.3 is 0 Å². The lowest BCUT2D eigenvalue weighted by Gasteiger charge is -2.15. The van der Waals surface area contributed by atoms with Gasteiger partial charge in [0.1, 0.15) is 0 Å². The third-order valence-electron chi connectivity index (χ3n) is 10.8. The van der Waals surface area contributed by atoms with Crippen molar-refractivity contribution in [3.8, 4) is 56.2 Å². The average Bonchev–Trinajstić information content (AvgIpc) is 3.66. The maximum atomic E-state index is 5.28. The molecule has 11 rings (SSSR count). The summed E-state index contributed by atoms with van der Waals surface area (Å²) in [5.41, 5.74) is 9.57. The summed E-state index contributed by atoms with van der Waals surface area (Å²) in [6, 6.07) is 69.9. The number of aromatic nitrogens is 2. The fraction of sp³-hybridized carbons (Fsp3) is 0. The van der Waals surface area contributed by atoms with Crippen molar-refractivity contribution in [3.63, 3.8) is 0 Å². The number of thiophene rings is 1. The van der Waals surface area contributed by atoms with Gasteiger partial charge in [-0.15, -0.1) is 11.3 Å². The van der Waals surface area contributed by atoms with Crippen LogP contribution in [0.2, 0.25) is 0 Å². The first-order valence-electron chi connectivity index (χ1n) is 18.6. The monoisotopic (exact) mass is 716 g/mol. The molecule has 0 aliphatic carbocycles. The second-order valence-corrected chi connectivity index (χ2v) is 15.2. The second-order valence-electron chi connectivity index (χ2n) is 14.1. The molecular formula is C52H32N2S. The first-order valence-corrected chi connectivity index (χ1v) is 19.5. The highest BCUT2D eigenvalue weighted by Gasteiger charge is 2.17. The van der Waals surface area contributed by atoms with Crippen molar-refractivity contribution >= 4 is 63.8 Å². The molecule has 0 saturated heterocycles. The van der Waals surface area contributed by atoms with Crippen LogP contribution in [0.5, 0.6) is 0 Å². The largest absolute Gasteiger partial charge is 0.228 e. The highest BCUT2D eigenvalue weighted by atomic mass is 32.1. The lowest BCUT2D eigenvalue weighted by atomic mass is 9.90. The summed E-state index contributed by atoms with van der Waals surface area (Å²) in [6.07, 6.45) is 0. The van der Waals surface area contributed by atoms with Gasteiger partial charge in [-0.05, 0) is 91.0 Å². The van der Waals surface area contributed by atoms with Gasteiger partial charge in [-0.1, -0.05) is 158 Å². The third-order valence-corrected chi connectivity index (χ3v) is 12.1. The van der Waals surface area contributed by atoms with Crippen LogP contribution >= 0.6 is 11.3 Å². The summed E-state index contributed by atoms with van der Waals surface area (Å²) in [5, 5.41) is 10.2. The van der Waals surface area contributed by atoms with E-state index in [1.807, 2.05) is 35.6 Å². The van der Waals surface area contributed by atoms with E-state index in [9.17, 15) is 0 Å². The molecule has 55 heavy (non-hydrogen) atoms. The summed E-state index contributed by atoms with van der Waals surface area (Å²) in [5.74, 6) is 0.708. The zero-order chi connectivity index (χ0) is 36.3. The SMILES string of the molecule is c1ccc(-c2cc(-c3cc(-c4ccc5c6ccccc6c6ccccc6c5c4)cc(-c4cccc5c4sc4ccccc45)c3)nc(-c3ccccc3)n2)cc1. The first-order chi connectivity index (χ1) is 27.2. The van der Waals surface area contributed by atoms with Gasteiger partial charge in [-0.2, -0.15) is 0 Å². The van der Waals surface area contributed by atoms with Crippen molar-refractivity contribution in [2.45, 2.75) is 0 Å². The molecule has 2 nitrogen and oxygen atoms in total. The Hall–Kier alpha value is -6.94. The van der Waals surface area contributed by atoms with E-state index >= 15 is 0 Å². The van der Waals surface area contributed by atoms with Gasteiger partial charge in [0.05, 0.1) is 11.4 Å². The normalized spacial score (nSPS) is 11.6. The summed E-state index contributed by atoms with van der Waals surface area (Å²) in [4.78, 5) is 10.4. The minimum absolute atomic E-state index is 0.708. The van der Waals surface area contributed by atoms with Crippen molar-refractivity contribution in [2.75, 3.05) is 0 Å². The predicted molar refractivity (Wildman–Crippen MR) is 235 cm³/mol. The van der Waals surface area contributed by atoms with Gasteiger partial charge in [0.25, 0.3) is 0 Å². The smallest absolute Gasteiger partial charge is 0.160 e. The fourth-order valence-electron chi connectivity index (χ4n) is 8.23. The Morgan fingerprint density at radius 3 is 1.53 bits per heavy atom. The molecule has 3 heteroatoms. The van der Waals surface area contributed by atoms with E-state index in [-0.39, 0.29) is 0 Å². The molecule has 0 amide bonds. The van der Waals surface area contributed by atoms with Crippen molar-refractivity contribution in [2.24, 2.45) is 0 Å². The van der Waals surface area contributed by atoms with E-state index in [1.54, 1.807) is 0 Å². The molecule has 2 heterocycles. The van der Waals surface area contributed by atoms with E-state index in [0.717, 1.165) is 39.2 Å². The van der Waals surface area contributed by atoms with Gasteiger partial charge in [0.15, 0.2) is 5.82 Å². The number of fused-ring (bicyclic) bond motifs is 9. The Balaban J connectivity index is 1.19. The van der Waals surface area contributed by atoms with Crippen LogP contribution < -0.4 is 0 Å². The van der Waals surface area contributed by atoms with Crippen LogP contribution in [0, 0.1) is 0 Å². The Kier molecular flexibility index (Phi) is 7.39. The molecule has 11 aromatic rings. The topological polar surface area (TPSA) is 25.8 Å². The molecular weight excluding hydrogens is 685 g/mol. The van der Waals surface area contributed by atoms with Gasteiger partial charge in [0.2, 0.25) is 0 Å². The molecule has 256 valence electrons. The van der Waals surface area contributed by atoms with Crippen LogP contribution in [0.3, 0.4) is 0 Å². The average molecular weight is 717 g/mol.